The van der Waals surface area contributed by atoms with Crippen LogP contribution in [-0.2, 0) is 11.3 Å². The minimum Gasteiger partial charge on any atom is -0.497 e. The van der Waals surface area contributed by atoms with Crippen molar-refractivity contribution in [2.75, 3.05) is 13.7 Å². The van der Waals surface area contributed by atoms with E-state index in [1.807, 2.05) is 41.8 Å². The zero-order valence-electron chi connectivity index (χ0n) is 16.9. The molecule has 0 spiro atoms. The van der Waals surface area contributed by atoms with E-state index in [9.17, 15) is 9.18 Å². The molecule has 6 heteroatoms. The second kappa shape index (κ2) is 9.41. The van der Waals surface area contributed by atoms with Crippen molar-refractivity contribution in [3.05, 3.63) is 87.9 Å². The molecule has 2 aromatic carbocycles. The minimum absolute atomic E-state index is 0.0295. The molecule has 0 radical (unpaired) electrons. The molecule has 1 heterocycles. The van der Waals surface area contributed by atoms with Crippen LogP contribution in [0.4, 0.5) is 4.39 Å². The summed E-state index contributed by atoms with van der Waals surface area (Å²) in [5.41, 5.74) is 2.03. The van der Waals surface area contributed by atoms with Gasteiger partial charge in [0, 0.05) is 17.5 Å². The third-order valence-corrected chi connectivity index (χ3v) is 6.23. The van der Waals surface area contributed by atoms with E-state index < -0.39 is 0 Å². The van der Waals surface area contributed by atoms with Gasteiger partial charge in [-0.25, -0.2) is 4.39 Å². The van der Waals surface area contributed by atoms with Crippen molar-refractivity contribution in [3.8, 4) is 5.75 Å². The first-order chi connectivity index (χ1) is 14.6. The first-order valence-electron chi connectivity index (χ1n) is 10.1. The molecule has 0 bridgehead atoms. The summed E-state index contributed by atoms with van der Waals surface area (Å²) >= 11 is 1.58. The van der Waals surface area contributed by atoms with Crippen molar-refractivity contribution in [3.63, 3.8) is 0 Å². The van der Waals surface area contributed by atoms with Crippen molar-refractivity contribution in [2.45, 2.75) is 31.5 Å². The van der Waals surface area contributed by atoms with Gasteiger partial charge in [0.2, 0.25) is 5.91 Å². The number of carbonyl (C=O) groups is 1. The van der Waals surface area contributed by atoms with Gasteiger partial charge in [-0.3, -0.25) is 9.69 Å². The number of rotatable bonds is 9. The summed E-state index contributed by atoms with van der Waals surface area (Å²) in [6.45, 7) is 1.06. The van der Waals surface area contributed by atoms with Crippen molar-refractivity contribution in [2.24, 2.45) is 0 Å². The summed E-state index contributed by atoms with van der Waals surface area (Å²) < 4.78 is 18.6. The fraction of sp³-hybridized carbons (Fsp3) is 0.292. The fourth-order valence-corrected chi connectivity index (χ4v) is 4.34. The second-order valence-corrected chi connectivity index (χ2v) is 8.53. The Hall–Kier alpha value is -2.70. The predicted molar refractivity (Wildman–Crippen MR) is 117 cm³/mol. The average molecular weight is 425 g/mol. The topological polar surface area (TPSA) is 41.6 Å². The number of hydrogen-bond donors (Lipinski definition) is 1. The maximum absolute atomic E-state index is 13.4. The van der Waals surface area contributed by atoms with E-state index in [1.54, 1.807) is 30.6 Å². The Labute approximate surface area is 180 Å². The van der Waals surface area contributed by atoms with Gasteiger partial charge < -0.3 is 10.1 Å². The minimum atomic E-state index is -0.283. The van der Waals surface area contributed by atoms with Gasteiger partial charge in [0.05, 0.1) is 19.7 Å². The number of benzene rings is 2. The van der Waals surface area contributed by atoms with Gasteiger partial charge in [-0.2, -0.15) is 0 Å². The standard InChI is InChI=1S/C24H25FN2O2S/c1-29-21-12-4-17(5-13-21)15-27(20-10-11-20)16-23(28)26-24(22-3-2-14-30-22)18-6-8-19(25)9-7-18/h2-9,12-14,20,24H,10-11,15-16H2,1H3,(H,26,28)/t24-/m1/s1. The lowest BCUT2D eigenvalue weighted by atomic mass is 10.1. The van der Waals surface area contributed by atoms with Gasteiger partial charge in [-0.05, 0) is 59.7 Å². The summed E-state index contributed by atoms with van der Waals surface area (Å²) in [7, 11) is 1.65. The molecule has 0 unspecified atom stereocenters. The molecule has 4 rings (SSSR count). The molecule has 1 saturated carbocycles. The number of hydrogen-bond acceptors (Lipinski definition) is 4. The van der Waals surface area contributed by atoms with Gasteiger partial charge in [-0.1, -0.05) is 30.3 Å². The highest BCUT2D eigenvalue weighted by Gasteiger charge is 2.31. The highest BCUT2D eigenvalue weighted by molar-refractivity contribution is 7.10. The van der Waals surface area contributed by atoms with Gasteiger partial charge in [0.25, 0.3) is 0 Å². The summed E-state index contributed by atoms with van der Waals surface area (Å²) in [5.74, 6) is 0.514. The number of carbonyl (C=O) groups excluding carboxylic acids is 1. The SMILES string of the molecule is COc1ccc(CN(CC(=O)N[C@H](c2ccc(F)cc2)c2cccs2)C2CC2)cc1. The summed E-state index contributed by atoms with van der Waals surface area (Å²) in [6.07, 6.45) is 2.24. The third kappa shape index (κ3) is 5.26. The highest BCUT2D eigenvalue weighted by Crippen LogP contribution is 2.29. The smallest absolute Gasteiger partial charge is 0.234 e. The van der Waals surface area contributed by atoms with Crippen LogP contribution in [0.1, 0.15) is 34.9 Å². The van der Waals surface area contributed by atoms with Crippen molar-refractivity contribution < 1.29 is 13.9 Å². The van der Waals surface area contributed by atoms with Crippen LogP contribution in [0, 0.1) is 5.82 Å². The van der Waals surface area contributed by atoms with E-state index >= 15 is 0 Å². The number of amides is 1. The van der Waals surface area contributed by atoms with Crippen molar-refractivity contribution in [1.29, 1.82) is 0 Å². The van der Waals surface area contributed by atoms with Crippen LogP contribution in [-0.4, -0.2) is 30.5 Å². The molecule has 0 saturated heterocycles. The summed E-state index contributed by atoms with van der Waals surface area (Å²) in [4.78, 5) is 16.2. The highest BCUT2D eigenvalue weighted by atomic mass is 32.1. The molecule has 1 N–H and O–H groups in total. The monoisotopic (exact) mass is 424 g/mol. The van der Waals surface area contributed by atoms with E-state index in [-0.39, 0.29) is 17.8 Å². The van der Waals surface area contributed by atoms with Crippen molar-refractivity contribution >= 4 is 17.2 Å². The number of ether oxygens (including phenoxy) is 1. The van der Waals surface area contributed by atoms with E-state index in [0.717, 1.165) is 41.1 Å². The summed E-state index contributed by atoms with van der Waals surface area (Å²) in [5, 5.41) is 5.14. The number of methoxy groups -OCH3 is 1. The van der Waals surface area contributed by atoms with Gasteiger partial charge in [-0.15, -0.1) is 11.3 Å². The number of thiophene rings is 1. The van der Waals surface area contributed by atoms with Gasteiger partial charge in [0.1, 0.15) is 11.6 Å². The number of nitrogens with one attached hydrogen (secondary N) is 1. The maximum atomic E-state index is 13.4. The lowest BCUT2D eigenvalue weighted by Gasteiger charge is -2.24. The van der Waals surface area contributed by atoms with E-state index in [0.29, 0.717) is 12.6 Å². The molecule has 1 fully saturated rings. The Morgan fingerprint density at radius 3 is 2.50 bits per heavy atom. The van der Waals surface area contributed by atoms with Crippen LogP contribution < -0.4 is 10.1 Å². The Morgan fingerprint density at radius 2 is 1.90 bits per heavy atom. The van der Waals surface area contributed by atoms with Crippen LogP contribution >= 0.6 is 11.3 Å². The van der Waals surface area contributed by atoms with Crippen LogP contribution in [0.25, 0.3) is 0 Å². The molecule has 1 atom stereocenters. The Bertz CT molecular complexity index is 954. The Balaban J connectivity index is 1.45. The van der Waals surface area contributed by atoms with Gasteiger partial charge >= 0.3 is 0 Å². The third-order valence-electron chi connectivity index (χ3n) is 5.29. The quantitative estimate of drug-likeness (QED) is 0.538. The van der Waals surface area contributed by atoms with Crippen LogP contribution in [0.15, 0.2) is 66.0 Å². The molecule has 1 aliphatic carbocycles. The maximum Gasteiger partial charge on any atom is 0.234 e. The lowest BCUT2D eigenvalue weighted by molar-refractivity contribution is -0.123. The van der Waals surface area contributed by atoms with E-state index in [2.05, 4.69) is 10.2 Å². The van der Waals surface area contributed by atoms with Crippen LogP contribution in [0.2, 0.25) is 0 Å². The normalized spacial score (nSPS) is 14.5. The van der Waals surface area contributed by atoms with E-state index in [1.165, 1.54) is 12.1 Å². The summed E-state index contributed by atoms with van der Waals surface area (Å²) in [6, 6.07) is 18.4. The van der Waals surface area contributed by atoms with E-state index in [4.69, 9.17) is 4.74 Å². The van der Waals surface area contributed by atoms with Crippen molar-refractivity contribution in [1.82, 2.24) is 10.2 Å². The fourth-order valence-electron chi connectivity index (χ4n) is 3.54. The second-order valence-electron chi connectivity index (χ2n) is 7.55. The van der Waals surface area contributed by atoms with Crippen LogP contribution in [0.3, 0.4) is 0 Å². The molecular formula is C24H25FN2O2S. The number of halogens is 1. The Morgan fingerprint density at radius 1 is 1.17 bits per heavy atom. The lowest BCUT2D eigenvalue weighted by Crippen LogP contribution is -2.39. The molecule has 3 aromatic rings. The first-order valence-corrected chi connectivity index (χ1v) is 11.0. The molecular weight excluding hydrogens is 399 g/mol. The average Bonchev–Trinajstić information content (AvgIpc) is 3.47. The molecule has 30 heavy (non-hydrogen) atoms. The van der Waals surface area contributed by atoms with Gasteiger partial charge in [0.15, 0.2) is 0 Å². The molecule has 1 aromatic heterocycles. The largest absolute Gasteiger partial charge is 0.497 e. The molecule has 4 nitrogen and oxygen atoms in total. The predicted octanol–water partition coefficient (Wildman–Crippen LogP) is 4.77. The molecule has 1 amide bonds. The zero-order valence-corrected chi connectivity index (χ0v) is 17.7. The molecule has 156 valence electrons. The van der Waals surface area contributed by atoms with Crippen LogP contribution in [0.5, 0.6) is 5.75 Å². The first kappa shape index (κ1) is 20.6. The zero-order chi connectivity index (χ0) is 20.9. The Kier molecular flexibility index (Phi) is 6.45. The molecule has 1 aliphatic rings. The number of nitrogens with zero attached hydrogens (tertiary/aromatic N) is 1. The molecule has 0 aliphatic heterocycles.